The van der Waals surface area contributed by atoms with E-state index in [0.717, 1.165) is 6.42 Å². The minimum Gasteiger partial charge on any atom is -0.460 e. The number of esters is 1. The van der Waals surface area contributed by atoms with E-state index in [-0.39, 0.29) is 5.97 Å². The molecule has 0 saturated carbocycles. The van der Waals surface area contributed by atoms with Crippen LogP contribution in [0.3, 0.4) is 0 Å². The van der Waals surface area contributed by atoms with Crippen molar-refractivity contribution in [1.82, 2.24) is 0 Å². The standard InChI is InChI=1S/C8H14O3/c1-3-4-5-8(9)11-7-6-10-2/h4-5H,3,6-7H2,1-2H3. The zero-order valence-electron chi connectivity index (χ0n) is 7.00. The molecule has 0 N–H and O–H groups in total. The quantitative estimate of drug-likeness (QED) is 0.342. The van der Waals surface area contributed by atoms with Crippen LogP contribution in [0.15, 0.2) is 12.2 Å². The molecule has 0 fully saturated rings. The van der Waals surface area contributed by atoms with Crippen molar-refractivity contribution in [2.75, 3.05) is 20.3 Å². The highest BCUT2D eigenvalue weighted by molar-refractivity contribution is 5.81. The van der Waals surface area contributed by atoms with Gasteiger partial charge in [-0.25, -0.2) is 4.79 Å². The molecule has 0 spiro atoms. The largest absolute Gasteiger partial charge is 0.460 e. The topological polar surface area (TPSA) is 35.5 Å². The number of allylic oxidation sites excluding steroid dienone is 1. The summed E-state index contributed by atoms with van der Waals surface area (Å²) >= 11 is 0. The van der Waals surface area contributed by atoms with Crippen molar-refractivity contribution in [3.05, 3.63) is 12.2 Å². The molecule has 0 bridgehead atoms. The number of methoxy groups -OCH3 is 1. The minimum absolute atomic E-state index is 0.302. The molecule has 0 saturated heterocycles. The molecule has 3 heteroatoms. The first-order valence-corrected chi connectivity index (χ1v) is 3.63. The fraction of sp³-hybridized carbons (Fsp3) is 0.625. The number of hydrogen-bond acceptors (Lipinski definition) is 3. The van der Waals surface area contributed by atoms with Crippen LogP contribution in [0.1, 0.15) is 13.3 Å². The SMILES string of the molecule is CCC=CC(=O)OCCOC. The van der Waals surface area contributed by atoms with Crippen molar-refractivity contribution in [1.29, 1.82) is 0 Å². The van der Waals surface area contributed by atoms with Crippen LogP contribution in [-0.2, 0) is 14.3 Å². The van der Waals surface area contributed by atoms with Gasteiger partial charge in [0.2, 0.25) is 0 Å². The Morgan fingerprint density at radius 1 is 1.45 bits per heavy atom. The van der Waals surface area contributed by atoms with Gasteiger partial charge in [-0.1, -0.05) is 13.0 Å². The number of carbonyl (C=O) groups is 1. The molecule has 0 aliphatic rings. The summed E-state index contributed by atoms with van der Waals surface area (Å²) in [5.41, 5.74) is 0. The van der Waals surface area contributed by atoms with Gasteiger partial charge in [-0.15, -0.1) is 0 Å². The predicted molar refractivity (Wildman–Crippen MR) is 42.3 cm³/mol. The predicted octanol–water partition coefficient (Wildman–Crippen LogP) is 1.14. The van der Waals surface area contributed by atoms with Crippen molar-refractivity contribution in [3.63, 3.8) is 0 Å². The van der Waals surface area contributed by atoms with Crippen LogP contribution in [-0.4, -0.2) is 26.3 Å². The van der Waals surface area contributed by atoms with Crippen LogP contribution in [0.2, 0.25) is 0 Å². The third-order valence-corrected chi connectivity index (χ3v) is 1.02. The highest BCUT2D eigenvalue weighted by atomic mass is 16.6. The van der Waals surface area contributed by atoms with Gasteiger partial charge in [0.15, 0.2) is 0 Å². The molecule has 11 heavy (non-hydrogen) atoms. The number of carbonyl (C=O) groups excluding carboxylic acids is 1. The molecule has 64 valence electrons. The molecule has 0 aliphatic heterocycles. The molecule has 0 heterocycles. The van der Waals surface area contributed by atoms with E-state index in [9.17, 15) is 4.79 Å². The highest BCUT2D eigenvalue weighted by Crippen LogP contribution is 1.84. The molecule has 0 unspecified atom stereocenters. The van der Waals surface area contributed by atoms with Crippen LogP contribution in [0.5, 0.6) is 0 Å². The maximum atomic E-state index is 10.7. The summed E-state index contributed by atoms with van der Waals surface area (Å²) in [6.45, 7) is 2.73. The Bertz CT molecular complexity index is 129. The van der Waals surface area contributed by atoms with Gasteiger partial charge in [0.05, 0.1) is 6.61 Å². The average Bonchev–Trinajstić information content (AvgIpc) is 2.01. The molecule has 0 rings (SSSR count). The molecule has 3 nitrogen and oxygen atoms in total. The molecule has 0 amide bonds. The lowest BCUT2D eigenvalue weighted by atomic mass is 10.4. The van der Waals surface area contributed by atoms with E-state index in [4.69, 9.17) is 9.47 Å². The molecule has 0 aromatic heterocycles. The van der Waals surface area contributed by atoms with Crippen molar-refractivity contribution in [2.45, 2.75) is 13.3 Å². The van der Waals surface area contributed by atoms with Crippen LogP contribution in [0.4, 0.5) is 0 Å². The lowest BCUT2D eigenvalue weighted by molar-refractivity contribution is -0.138. The maximum absolute atomic E-state index is 10.7. The second-order valence-corrected chi connectivity index (χ2v) is 1.97. The van der Waals surface area contributed by atoms with Crippen LogP contribution in [0.25, 0.3) is 0 Å². The Hall–Kier alpha value is -0.830. The lowest BCUT2D eigenvalue weighted by Gasteiger charge is -1.98. The summed E-state index contributed by atoms with van der Waals surface area (Å²) in [5, 5.41) is 0. The Labute approximate surface area is 67.0 Å². The monoisotopic (exact) mass is 158 g/mol. The summed E-state index contributed by atoms with van der Waals surface area (Å²) in [6, 6.07) is 0. The summed E-state index contributed by atoms with van der Waals surface area (Å²) in [6.07, 6.45) is 4.03. The summed E-state index contributed by atoms with van der Waals surface area (Å²) in [5.74, 6) is -0.302. The van der Waals surface area contributed by atoms with E-state index in [1.165, 1.54) is 6.08 Å². The van der Waals surface area contributed by atoms with Gasteiger partial charge in [0.25, 0.3) is 0 Å². The Morgan fingerprint density at radius 2 is 2.18 bits per heavy atom. The second kappa shape index (κ2) is 7.28. The maximum Gasteiger partial charge on any atom is 0.330 e. The number of ether oxygens (including phenoxy) is 2. The smallest absolute Gasteiger partial charge is 0.330 e. The average molecular weight is 158 g/mol. The molecule has 0 aromatic rings. The zero-order valence-corrected chi connectivity index (χ0v) is 7.00. The third kappa shape index (κ3) is 7.06. The minimum atomic E-state index is -0.302. The van der Waals surface area contributed by atoms with Gasteiger partial charge in [0.1, 0.15) is 6.61 Å². The Balaban J connectivity index is 3.30. The normalized spacial score (nSPS) is 10.4. The van der Waals surface area contributed by atoms with Gasteiger partial charge in [-0.05, 0) is 6.42 Å². The van der Waals surface area contributed by atoms with Crippen LogP contribution in [0, 0.1) is 0 Å². The summed E-state index contributed by atoms with van der Waals surface area (Å²) in [4.78, 5) is 10.7. The van der Waals surface area contributed by atoms with Crippen molar-refractivity contribution in [2.24, 2.45) is 0 Å². The molecule has 0 aliphatic carbocycles. The van der Waals surface area contributed by atoms with Gasteiger partial charge in [-0.2, -0.15) is 0 Å². The summed E-state index contributed by atoms with van der Waals surface area (Å²) < 4.78 is 9.43. The highest BCUT2D eigenvalue weighted by Gasteiger charge is 1.93. The molecular weight excluding hydrogens is 144 g/mol. The lowest BCUT2D eigenvalue weighted by Crippen LogP contribution is -2.06. The van der Waals surface area contributed by atoms with Crippen molar-refractivity contribution >= 4 is 5.97 Å². The first-order valence-electron chi connectivity index (χ1n) is 3.63. The van der Waals surface area contributed by atoms with Gasteiger partial charge >= 0.3 is 5.97 Å². The molecule has 0 atom stereocenters. The third-order valence-electron chi connectivity index (χ3n) is 1.02. The van der Waals surface area contributed by atoms with Crippen molar-refractivity contribution in [3.8, 4) is 0 Å². The second-order valence-electron chi connectivity index (χ2n) is 1.97. The van der Waals surface area contributed by atoms with Crippen molar-refractivity contribution < 1.29 is 14.3 Å². The Morgan fingerprint density at radius 3 is 2.73 bits per heavy atom. The molecule has 0 aromatic carbocycles. The van der Waals surface area contributed by atoms with E-state index in [1.54, 1.807) is 13.2 Å². The van der Waals surface area contributed by atoms with E-state index in [1.807, 2.05) is 6.92 Å². The van der Waals surface area contributed by atoms with E-state index >= 15 is 0 Å². The molecular formula is C8H14O3. The molecule has 0 radical (unpaired) electrons. The number of hydrogen-bond donors (Lipinski definition) is 0. The Kier molecular flexibility index (Phi) is 6.73. The zero-order chi connectivity index (χ0) is 8.53. The van der Waals surface area contributed by atoms with Gasteiger partial charge in [-0.3, -0.25) is 0 Å². The van der Waals surface area contributed by atoms with Crippen LogP contribution < -0.4 is 0 Å². The fourth-order valence-corrected chi connectivity index (χ4v) is 0.488. The fourth-order valence-electron chi connectivity index (χ4n) is 0.488. The number of rotatable bonds is 5. The van der Waals surface area contributed by atoms with E-state index in [0.29, 0.717) is 13.2 Å². The van der Waals surface area contributed by atoms with E-state index in [2.05, 4.69) is 0 Å². The van der Waals surface area contributed by atoms with Gasteiger partial charge in [0, 0.05) is 13.2 Å². The first kappa shape index (κ1) is 10.2. The summed E-state index contributed by atoms with van der Waals surface area (Å²) in [7, 11) is 1.57. The van der Waals surface area contributed by atoms with Gasteiger partial charge < -0.3 is 9.47 Å². The van der Waals surface area contributed by atoms with E-state index < -0.39 is 0 Å². The first-order chi connectivity index (χ1) is 5.31. The van der Waals surface area contributed by atoms with Crippen LogP contribution >= 0.6 is 0 Å².